The molecular weight excluding hydrogens is 392 g/mol. The van der Waals surface area contributed by atoms with Crippen LogP contribution in [-0.2, 0) is 0 Å². The number of H-pyrrole nitrogens is 1. The lowest BCUT2D eigenvalue weighted by atomic mass is 10.0. The lowest BCUT2D eigenvalue weighted by molar-refractivity contribution is 0.393. The van der Waals surface area contributed by atoms with Crippen molar-refractivity contribution in [3.63, 3.8) is 0 Å². The van der Waals surface area contributed by atoms with E-state index in [0.717, 1.165) is 67.1 Å². The van der Waals surface area contributed by atoms with E-state index in [1.807, 2.05) is 48.7 Å². The first-order valence-corrected chi connectivity index (χ1v) is 9.86. The third-order valence-corrected chi connectivity index (χ3v) is 5.67. The summed E-state index contributed by atoms with van der Waals surface area (Å²) >= 11 is 0. The molecule has 0 bridgehead atoms. The van der Waals surface area contributed by atoms with E-state index >= 15 is 0 Å². The Morgan fingerprint density at radius 1 is 1.06 bits per heavy atom. The molecule has 8 nitrogen and oxygen atoms in total. The fourth-order valence-electron chi connectivity index (χ4n) is 4.28. The van der Waals surface area contributed by atoms with Crippen molar-refractivity contribution in [3.05, 3.63) is 60.5 Å². The largest absolute Gasteiger partial charge is 0.496 e. The zero-order valence-corrected chi connectivity index (χ0v) is 17.2. The molecule has 0 fully saturated rings. The van der Waals surface area contributed by atoms with Gasteiger partial charge in [-0.3, -0.25) is 4.57 Å². The van der Waals surface area contributed by atoms with Gasteiger partial charge in [-0.05, 0) is 38.1 Å². The van der Waals surface area contributed by atoms with E-state index in [4.69, 9.17) is 9.26 Å². The first kappa shape index (κ1) is 17.6. The van der Waals surface area contributed by atoms with E-state index in [1.165, 1.54) is 0 Å². The van der Waals surface area contributed by atoms with Crippen LogP contribution in [0.1, 0.15) is 11.5 Å². The fourth-order valence-corrected chi connectivity index (χ4v) is 4.28. The number of nitrogens with zero attached hydrogens (tertiary/aromatic N) is 5. The molecule has 4 aromatic heterocycles. The number of hydrogen-bond donors (Lipinski definition) is 1. The van der Waals surface area contributed by atoms with Crippen LogP contribution in [0.3, 0.4) is 0 Å². The van der Waals surface area contributed by atoms with Crippen LogP contribution in [-0.4, -0.2) is 36.8 Å². The number of rotatable bonds is 3. The van der Waals surface area contributed by atoms with Crippen molar-refractivity contribution in [2.45, 2.75) is 13.8 Å². The minimum atomic E-state index is 0.730. The Morgan fingerprint density at radius 2 is 1.94 bits per heavy atom. The van der Waals surface area contributed by atoms with Gasteiger partial charge in [-0.1, -0.05) is 17.3 Å². The van der Waals surface area contributed by atoms with Crippen molar-refractivity contribution in [2.75, 3.05) is 7.11 Å². The van der Waals surface area contributed by atoms with Crippen LogP contribution in [0.4, 0.5) is 0 Å². The summed E-state index contributed by atoms with van der Waals surface area (Å²) < 4.78 is 13.1. The van der Waals surface area contributed by atoms with Crippen LogP contribution < -0.4 is 4.74 Å². The Kier molecular flexibility index (Phi) is 3.64. The molecule has 0 saturated carbocycles. The molecule has 0 spiro atoms. The first-order valence-electron chi connectivity index (χ1n) is 9.86. The average molecular weight is 410 g/mol. The van der Waals surface area contributed by atoms with E-state index in [2.05, 4.69) is 31.2 Å². The second-order valence-corrected chi connectivity index (χ2v) is 7.45. The topological polar surface area (TPSA) is 94.7 Å². The highest BCUT2D eigenvalue weighted by molar-refractivity contribution is 6.11. The van der Waals surface area contributed by atoms with Crippen molar-refractivity contribution < 1.29 is 9.26 Å². The van der Waals surface area contributed by atoms with Gasteiger partial charge in [-0.2, -0.15) is 0 Å². The molecule has 0 radical (unpaired) electrons. The van der Waals surface area contributed by atoms with E-state index < -0.39 is 0 Å². The monoisotopic (exact) mass is 410 g/mol. The van der Waals surface area contributed by atoms with Crippen LogP contribution in [0.2, 0.25) is 0 Å². The average Bonchev–Trinajstić information content (AvgIpc) is 3.47. The number of para-hydroxylation sites is 2. The molecule has 0 atom stereocenters. The van der Waals surface area contributed by atoms with Crippen molar-refractivity contribution in [3.8, 4) is 22.7 Å². The Bertz CT molecular complexity index is 1590. The van der Waals surface area contributed by atoms with Crippen LogP contribution >= 0.6 is 0 Å². The summed E-state index contributed by atoms with van der Waals surface area (Å²) in [5.74, 6) is 2.24. The van der Waals surface area contributed by atoms with E-state index in [-0.39, 0.29) is 0 Å². The standard InChI is InChI=1S/C23H18N6O2/c1-12-20(13(2)31-28-12)15-8-17-14(9-19(15)30-3)21-22(27-17)24-10-25-23(21)29-11-26-16-6-4-5-7-18(16)29/h4-11H,1-3H3,(H,24,25,27). The van der Waals surface area contributed by atoms with Gasteiger partial charge in [0.15, 0.2) is 5.82 Å². The quantitative estimate of drug-likeness (QED) is 0.453. The Morgan fingerprint density at radius 3 is 2.74 bits per heavy atom. The molecule has 0 aliphatic carbocycles. The second kappa shape index (κ2) is 6.40. The molecule has 31 heavy (non-hydrogen) atoms. The van der Waals surface area contributed by atoms with Gasteiger partial charge in [0.25, 0.3) is 0 Å². The van der Waals surface area contributed by atoms with Crippen LogP contribution in [0, 0.1) is 13.8 Å². The van der Waals surface area contributed by atoms with Crippen LogP contribution in [0.15, 0.2) is 53.6 Å². The maximum Gasteiger partial charge on any atom is 0.151 e. The summed E-state index contributed by atoms with van der Waals surface area (Å²) in [6.07, 6.45) is 3.36. The lowest BCUT2D eigenvalue weighted by Gasteiger charge is -2.09. The Hall–Kier alpha value is -4.20. The van der Waals surface area contributed by atoms with E-state index in [9.17, 15) is 0 Å². The SMILES string of the molecule is COc1cc2c(cc1-c1c(C)noc1C)[nH]c1ncnc(-n3cnc4ccccc43)c12. The normalized spacial score (nSPS) is 11.7. The molecule has 6 aromatic rings. The summed E-state index contributed by atoms with van der Waals surface area (Å²) in [4.78, 5) is 17.0. The molecule has 0 amide bonds. The minimum absolute atomic E-state index is 0.730. The Balaban J connectivity index is 1.68. The first-order chi connectivity index (χ1) is 15.2. The van der Waals surface area contributed by atoms with Gasteiger partial charge < -0.3 is 14.2 Å². The van der Waals surface area contributed by atoms with Gasteiger partial charge in [0.1, 0.15) is 29.8 Å². The molecular formula is C23H18N6O2. The predicted molar refractivity (Wildman–Crippen MR) is 118 cm³/mol. The molecule has 0 saturated heterocycles. The molecule has 4 heterocycles. The smallest absolute Gasteiger partial charge is 0.151 e. The number of aromatic nitrogens is 6. The number of hydrogen-bond acceptors (Lipinski definition) is 6. The highest BCUT2D eigenvalue weighted by Gasteiger charge is 2.21. The number of nitrogens with one attached hydrogen (secondary N) is 1. The summed E-state index contributed by atoms with van der Waals surface area (Å²) in [6, 6.07) is 12.0. The highest BCUT2D eigenvalue weighted by atomic mass is 16.5. The van der Waals surface area contributed by atoms with Crippen molar-refractivity contribution in [1.82, 2.24) is 29.7 Å². The number of imidazole rings is 1. The maximum atomic E-state index is 5.76. The van der Waals surface area contributed by atoms with Gasteiger partial charge in [-0.25, -0.2) is 15.0 Å². The fraction of sp³-hybridized carbons (Fsp3) is 0.130. The second-order valence-electron chi connectivity index (χ2n) is 7.45. The molecule has 0 unspecified atom stereocenters. The van der Waals surface area contributed by atoms with E-state index in [0.29, 0.717) is 0 Å². The summed E-state index contributed by atoms with van der Waals surface area (Å²) in [5, 5.41) is 5.97. The Labute approximate surface area is 176 Å². The third kappa shape index (κ3) is 2.48. The summed E-state index contributed by atoms with van der Waals surface area (Å²) in [6.45, 7) is 3.83. The molecule has 2 aromatic carbocycles. The number of aryl methyl sites for hydroxylation is 2. The van der Waals surface area contributed by atoms with Crippen molar-refractivity contribution >= 4 is 33.0 Å². The van der Waals surface area contributed by atoms with Gasteiger partial charge in [0.2, 0.25) is 0 Å². The van der Waals surface area contributed by atoms with Crippen molar-refractivity contribution in [2.24, 2.45) is 0 Å². The highest BCUT2D eigenvalue weighted by Crippen LogP contribution is 2.40. The van der Waals surface area contributed by atoms with Gasteiger partial charge in [0, 0.05) is 16.5 Å². The number of aromatic amines is 1. The molecule has 1 N–H and O–H groups in total. The molecule has 0 aliphatic rings. The summed E-state index contributed by atoms with van der Waals surface area (Å²) in [7, 11) is 1.67. The van der Waals surface area contributed by atoms with E-state index in [1.54, 1.807) is 19.8 Å². The summed E-state index contributed by atoms with van der Waals surface area (Å²) in [5.41, 5.74) is 6.23. The van der Waals surface area contributed by atoms with Gasteiger partial charge >= 0.3 is 0 Å². The third-order valence-electron chi connectivity index (χ3n) is 5.67. The molecule has 0 aliphatic heterocycles. The molecule has 6 rings (SSSR count). The number of fused-ring (bicyclic) bond motifs is 4. The molecule has 152 valence electrons. The van der Waals surface area contributed by atoms with Crippen molar-refractivity contribution in [1.29, 1.82) is 0 Å². The number of methoxy groups -OCH3 is 1. The van der Waals surface area contributed by atoms with Gasteiger partial charge in [0.05, 0.1) is 34.8 Å². The minimum Gasteiger partial charge on any atom is -0.496 e. The zero-order chi connectivity index (χ0) is 21.1. The van der Waals surface area contributed by atoms with Crippen LogP contribution in [0.5, 0.6) is 5.75 Å². The number of ether oxygens (including phenoxy) is 1. The van der Waals surface area contributed by atoms with Gasteiger partial charge in [-0.15, -0.1) is 0 Å². The predicted octanol–water partition coefficient (Wildman–Crippen LogP) is 4.73. The maximum absolute atomic E-state index is 5.76. The zero-order valence-electron chi connectivity index (χ0n) is 17.2. The molecule has 8 heteroatoms. The lowest BCUT2D eigenvalue weighted by Crippen LogP contribution is -1.97. The number of benzene rings is 2. The van der Waals surface area contributed by atoms with Crippen LogP contribution in [0.25, 0.3) is 49.9 Å².